The molecule has 7 heteroatoms. The van der Waals surface area contributed by atoms with Crippen LogP contribution in [0, 0.1) is 6.92 Å². The molecule has 7 nitrogen and oxygen atoms in total. The molecule has 0 aliphatic heterocycles. The second-order valence-corrected chi connectivity index (χ2v) is 8.90. The van der Waals surface area contributed by atoms with Crippen LogP contribution in [0.4, 0.5) is 0 Å². The molecule has 3 N–H and O–H groups in total. The maximum absolute atomic E-state index is 13.0. The minimum atomic E-state index is -0.843. The molecule has 0 saturated carbocycles. The molecule has 1 unspecified atom stereocenters. The zero-order valence-electron chi connectivity index (χ0n) is 18.3. The first-order chi connectivity index (χ1) is 14.7. The van der Waals surface area contributed by atoms with Gasteiger partial charge in [0.15, 0.2) is 5.76 Å². The Bertz CT molecular complexity index is 1200. The third-order valence-electron chi connectivity index (χ3n) is 6.01. The number of aromatic nitrogens is 1. The highest BCUT2D eigenvalue weighted by Crippen LogP contribution is 2.37. The lowest BCUT2D eigenvalue weighted by Gasteiger charge is -2.27. The van der Waals surface area contributed by atoms with Crippen LogP contribution in [-0.2, 0) is 16.6 Å². The van der Waals surface area contributed by atoms with Crippen LogP contribution < -0.4 is 15.5 Å². The summed E-state index contributed by atoms with van der Waals surface area (Å²) in [4.78, 5) is 28.4. The molecule has 31 heavy (non-hydrogen) atoms. The van der Waals surface area contributed by atoms with Crippen LogP contribution in [-0.4, -0.2) is 23.1 Å². The molecule has 4 rings (SSSR count). The zero-order chi connectivity index (χ0) is 22.3. The minimum absolute atomic E-state index is 0.0762. The molecule has 1 aliphatic carbocycles. The first-order valence-electron chi connectivity index (χ1n) is 10.5. The van der Waals surface area contributed by atoms with E-state index in [0.717, 1.165) is 41.6 Å². The van der Waals surface area contributed by atoms with Crippen molar-refractivity contribution < 1.29 is 19.1 Å². The van der Waals surface area contributed by atoms with Crippen molar-refractivity contribution in [1.82, 2.24) is 10.3 Å². The Hall–Kier alpha value is -3.22. The van der Waals surface area contributed by atoms with Gasteiger partial charge in [0.1, 0.15) is 11.5 Å². The topological polar surface area (TPSA) is 105 Å². The normalized spacial score (nSPS) is 16.2. The highest BCUT2D eigenvalue weighted by molar-refractivity contribution is 5.87. The summed E-state index contributed by atoms with van der Waals surface area (Å²) < 4.78 is 11.0. The second kappa shape index (κ2) is 7.80. The van der Waals surface area contributed by atoms with Crippen molar-refractivity contribution >= 4 is 16.8 Å². The fourth-order valence-corrected chi connectivity index (χ4v) is 4.50. The molecule has 0 saturated heterocycles. The number of hydrogen-bond acceptors (Lipinski definition) is 5. The van der Waals surface area contributed by atoms with Gasteiger partial charge < -0.3 is 24.6 Å². The number of hydrogen-bond donors (Lipinski definition) is 3. The first-order valence-corrected chi connectivity index (χ1v) is 10.5. The molecule has 164 valence electrons. The number of amides is 1. The molecular weight excluding hydrogens is 396 g/mol. The van der Waals surface area contributed by atoms with Gasteiger partial charge in [-0.1, -0.05) is 13.8 Å². The lowest BCUT2D eigenvalue weighted by atomic mass is 9.84. The van der Waals surface area contributed by atoms with Crippen molar-refractivity contribution in [2.75, 3.05) is 7.11 Å². The number of aromatic hydroxyl groups is 1. The number of benzene rings is 1. The van der Waals surface area contributed by atoms with Gasteiger partial charge in [0.25, 0.3) is 0 Å². The van der Waals surface area contributed by atoms with E-state index < -0.39 is 16.6 Å². The van der Waals surface area contributed by atoms with Gasteiger partial charge in [0.05, 0.1) is 13.2 Å². The monoisotopic (exact) mass is 424 g/mol. The number of carbonyl (C=O) groups excluding carboxylic acids is 1. The maximum Gasteiger partial charge on any atom is 0.227 e. The first kappa shape index (κ1) is 21.0. The number of aromatic amines is 1. The summed E-state index contributed by atoms with van der Waals surface area (Å²) in [6, 6.07) is 7.06. The number of rotatable bonds is 5. The van der Waals surface area contributed by atoms with Crippen LogP contribution >= 0.6 is 0 Å². The summed E-state index contributed by atoms with van der Waals surface area (Å²) in [6.45, 7) is 5.21. The Morgan fingerprint density at radius 1 is 1.35 bits per heavy atom. The van der Waals surface area contributed by atoms with E-state index in [9.17, 15) is 14.7 Å². The standard InChI is InChI=1S/C24H28N2O5/c1-13-10-19(27)22(29)23(31-13)24(2,3)12-20(28)25-18-7-5-6-15-16-11-14(30-4)8-9-17(16)26-21(15)18/h8-11,18,26,29H,5-7,12H2,1-4H3,(H,25,28). The minimum Gasteiger partial charge on any atom is -0.502 e. The van der Waals surface area contributed by atoms with Gasteiger partial charge >= 0.3 is 0 Å². The fraction of sp³-hybridized carbons (Fsp3) is 0.417. The average molecular weight is 424 g/mol. The summed E-state index contributed by atoms with van der Waals surface area (Å²) in [5.74, 6) is 0.739. The number of aryl methyl sites for hydroxylation is 2. The van der Waals surface area contributed by atoms with Gasteiger partial charge in [0.2, 0.25) is 17.1 Å². The summed E-state index contributed by atoms with van der Waals surface area (Å²) in [7, 11) is 1.65. The van der Waals surface area contributed by atoms with Crippen molar-refractivity contribution in [3.8, 4) is 11.5 Å². The molecule has 0 fully saturated rings. The third kappa shape index (κ3) is 3.92. The largest absolute Gasteiger partial charge is 0.502 e. The molecule has 1 amide bonds. The van der Waals surface area contributed by atoms with E-state index in [1.54, 1.807) is 27.9 Å². The second-order valence-electron chi connectivity index (χ2n) is 8.90. The van der Waals surface area contributed by atoms with Gasteiger partial charge in [-0.05, 0) is 49.9 Å². The lowest BCUT2D eigenvalue weighted by Crippen LogP contribution is -2.35. The number of fused-ring (bicyclic) bond motifs is 3. The highest BCUT2D eigenvalue weighted by atomic mass is 16.5. The van der Waals surface area contributed by atoms with E-state index in [-0.39, 0.29) is 24.1 Å². The van der Waals surface area contributed by atoms with E-state index in [1.165, 1.54) is 11.6 Å². The molecule has 0 radical (unpaired) electrons. The van der Waals surface area contributed by atoms with Crippen molar-refractivity contribution in [1.29, 1.82) is 0 Å². The predicted molar refractivity (Wildman–Crippen MR) is 118 cm³/mol. The number of carbonyl (C=O) groups is 1. The quantitative estimate of drug-likeness (QED) is 0.574. The number of methoxy groups -OCH3 is 1. The van der Waals surface area contributed by atoms with Crippen LogP contribution in [0.25, 0.3) is 10.9 Å². The van der Waals surface area contributed by atoms with Gasteiger partial charge in [-0.15, -0.1) is 0 Å². The van der Waals surface area contributed by atoms with Crippen LogP contribution in [0.2, 0.25) is 0 Å². The van der Waals surface area contributed by atoms with Crippen LogP contribution in [0.1, 0.15) is 61.9 Å². The van der Waals surface area contributed by atoms with Gasteiger partial charge in [-0.25, -0.2) is 0 Å². The zero-order valence-corrected chi connectivity index (χ0v) is 18.3. The summed E-state index contributed by atoms with van der Waals surface area (Å²) in [5, 5.41) is 14.5. The third-order valence-corrected chi connectivity index (χ3v) is 6.01. The molecule has 1 atom stereocenters. The number of nitrogens with one attached hydrogen (secondary N) is 2. The molecule has 2 aromatic heterocycles. The van der Waals surface area contributed by atoms with Crippen molar-refractivity contribution in [2.45, 2.75) is 57.9 Å². The molecule has 2 heterocycles. The molecule has 0 bridgehead atoms. The van der Waals surface area contributed by atoms with Gasteiger partial charge in [-0.2, -0.15) is 0 Å². The lowest BCUT2D eigenvalue weighted by molar-refractivity contribution is -0.123. The van der Waals surface area contributed by atoms with E-state index in [4.69, 9.17) is 9.15 Å². The Morgan fingerprint density at radius 3 is 2.87 bits per heavy atom. The van der Waals surface area contributed by atoms with E-state index in [0.29, 0.717) is 5.76 Å². The number of H-pyrrole nitrogens is 1. The van der Waals surface area contributed by atoms with E-state index in [2.05, 4.69) is 10.3 Å². The maximum atomic E-state index is 13.0. The molecule has 1 aromatic carbocycles. The fourth-order valence-electron chi connectivity index (χ4n) is 4.50. The predicted octanol–water partition coefficient (Wildman–Crippen LogP) is 4.01. The Kier molecular flexibility index (Phi) is 5.29. The Balaban J connectivity index is 1.57. The Labute approximate surface area is 180 Å². The van der Waals surface area contributed by atoms with Crippen molar-refractivity contribution in [3.63, 3.8) is 0 Å². The SMILES string of the molecule is COc1ccc2[nH]c3c(c2c1)CCCC3NC(=O)CC(C)(C)c1oc(C)cc(=O)c1O. The van der Waals surface area contributed by atoms with E-state index >= 15 is 0 Å². The summed E-state index contributed by atoms with van der Waals surface area (Å²) >= 11 is 0. The van der Waals surface area contributed by atoms with E-state index in [1.807, 2.05) is 18.2 Å². The molecule has 1 aliphatic rings. The van der Waals surface area contributed by atoms with Crippen molar-refractivity contribution in [2.24, 2.45) is 0 Å². The van der Waals surface area contributed by atoms with Crippen LogP contribution in [0.3, 0.4) is 0 Å². The molecule has 0 spiro atoms. The summed E-state index contributed by atoms with van der Waals surface area (Å²) in [5.41, 5.74) is 1.93. The van der Waals surface area contributed by atoms with Crippen LogP contribution in [0.15, 0.2) is 33.5 Å². The van der Waals surface area contributed by atoms with Gasteiger partial charge in [0, 0.05) is 34.5 Å². The van der Waals surface area contributed by atoms with Gasteiger partial charge in [-0.3, -0.25) is 9.59 Å². The molecular formula is C24H28N2O5. The van der Waals surface area contributed by atoms with Crippen molar-refractivity contribution in [3.05, 3.63) is 57.3 Å². The Morgan fingerprint density at radius 2 is 2.13 bits per heavy atom. The number of ether oxygens (including phenoxy) is 1. The summed E-state index contributed by atoms with van der Waals surface area (Å²) in [6.07, 6.45) is 2.84. The van der Waals surface area contributed by atoms with Crippen LogP contribution in [0.5, 0.6) is 11.5 Å². The smallest absolute Gasteiger partial charge is 0.227 e. The average Bonchev–Trinajstić information content (AvgIpc) is 3.09. The highest BCUT2D eigenvalue weighted by Gasteiger charge is 2.33. The molecule has 3 aromatic rings.